The molecule has 156 valence electrons. The second-order valence-electron chi connectivity index (χ2n) is 7.82. The fourth-order valence-electron chi connectivity index (χ4n) is 4.47. The van der Waals surface area contributed by atoms with E-state index in [1.54, 1.807) is 12.0 Å². The summed E-state index contributed by atoms with van der Waals surface area (Å²) in [7, 11) is 1.64. The van der Waals surface area contributed by atoms with Crippen molar-refractivity contribution >= 4 is 23.2 Å². The molecule has 2 amide bonds. The molecule has 3 heterocycles. The van der Waals surface area contributed by atoms with Gasteiger partial charge < -0.3 is 24.0 Å². The van der Waals surface area contributed by atoms with Crippen molar-refractivity contribution in [3.8, 4) is 17.2 Å². The molecule has 0 N–H and O–H groups in total. The minimum absolute atomic E-state index is 0.00881. The molecule has 1 fully saturated rings. The quantitative estimate of drug-likeness (QED) is 0.781. The lowest BCUT2D eigenvalue weighted by Crippen LogP contribution is -2.40. The largest absolute Gasteiger partial charge is 0.497 e. The van der Waals surface area contributed by atoms with Gasteiger partial charge in [0.2, 0.25) is 11.8 Å². The third-order valence-electron chi connectivity index (χ3n) is 5.98. The molecular formula is C23H24N2O5. The van der Waals surface area contributed by atoms with Gasteiger partial charge in [-0.15, -0.1) is 0 Å². The first-order chi connectivity index (χ1) is 14.6. The summed E-state index contributed by atoms with van der Waals surface area (Å²) in [5, 5.41) is 0. The van der Waals surface area contributed by atoms with E-state index >= 15 is 0 Å². The van der Waals surface area contributed by atoms with Gasteiger partial charge in [0.1, 0.15) is 19.0 Å². The first-order valence-corrected chi connectivity index (χ1v) is 10.3. The lowest BCUT2D eigenvalue weighted by Gasteiger charge is -2.31. The third kappa shape index (κ3) is 3.24. The van der Waals surface area contributed by atoms with Crippen molar-refractivity contribution < 1.29 is 23.8 Å². The Morgan fingerprint density at radius 1 is 1.10 bits per heavy atom. The number of anilines is 2. The number of carbonyl (C=O) groups excluding carboxylic acids is 2. The zero-order chi connectivity index (χ0) is 20.7. The lowest BCUT2D eigenvalue weighted by molar-refractivity contribution is -0.124. The Hall–Kier alpha value is -3.22. The topological polar surface area (TPSA) is 68.3 Å². The second kappa shape index (κ2) is 7.55. The maximum Gasteiger partial charge on any atom is 0.232 e. The molecular weight excluding hydrogens is 384 g/mol. The van der Waals surface area contributed by atoms with Crippen LogP contribution in [0.2, 0.25) is 0 Å². The van der Waals surface area contributed by atoms with Gasteiger partial charge in [0.05, 0.1) is 13.0 Å². The normalized spacial score (nSPS) is 20.2. The molecule has 0 aliphatic carbocycles. The Kier molecular flexibility index (Phi) is 4.73. The number of aryl methyl sites for hydroxylation is 1. The molecule has 2 aromatic rings. The monoisotopic (exact) mass is 408 g/mol. The van der Waals surface area contributed by atoms with Gasteiger partial charge in [-0.3, -0.25) is 9.59 Å². The molecule has 3 aliphatic rings. The van der Waals surface area contributed by atoms with E-state index < -0.39 is 0 Å². The highest BCUT2D eigenvalue weighted by Gasteiger charge is 2.39. The number of rotatable bonds is 3. The molecule has 3 aliphatic heterocycles. The van der Waals surface area contributed by atoms with Crippen LogP contribution in [-0.2, 0) is 16.0 Å². The fraction of sp³-hybridized carbons (Fsp3) is 0.391. The second-order valence-corrected chi connectivity index (χ2v) is 7.82. The Morgan fingerprint density at radius 2 is 1.93 bits per heavy atom. The van der Waals surface area contributed by atoms with Crippen LogP contribution < -0.4 is 24.0 Å². The molecule has 30 heavy (non-hydrogen) atoms. The first kappa shape index (κ1) is 18.8. The Bertz CT molecular complexity index is 1010. The minimum atomic E-state index is -0.362. The summed E-state index contributed by atoms with van der Waals surface area (Å²) in [5.41, 5.74) is 2.78. The molecule has 1 saturated heterocycles. The molecule has 0 radical (unpaired) electrons. The SMILES string of the molecule is COc1ccc2c(c1)CCCN2C(=O)[C@H]1CC(=O)N(c2ccc3c(c2)OCCO3)C1. The third-order valence-corrected chi connectivity index (χ3v) is 5.98. The van der Waals surface area contributed by atoms with Crippen LogP contribution >= 0.6 is 0 Å². The summed E-state index contributed by atoms with van der Waals surface area (Å²) in [4.78, 5) is 29.6. The molecule has 0 unspecified atom stereocenters. The van der Waals surface area contributed by atoms with Crippen LogP contribution in [0.25, 0.3) is 0 Å². The van der Waals surface area contributed by atoms with Crippen molar-refractivity contribution in [3.63, 3.8) is 0 Å². The number of hydrogen-bond acceptors (Lipinski definition) is 5. The Balaban J connectivity index is 1.36. The summed E-state index contributed by atoms with van der Waals surface area (Å²) >= 11 is 0. The van der Waals surface area contributed by atoms with Crippen molar-refractivity contribution in [1.29, 1.82) is 0 Å². The van der Waals surface area contributed by atoms with Crippen molar-refractivity contribution in [2.24, 2.45) is 5.92 Å². The average molecular weight is 408 g/mol. The smallest absolute Gasteiger partial charge is 0.232 e. The van der Waals surface area contributed by atoms with Gasteiger partial charge >= 0.3 is 0 Å². The number of carbonyl (C=O) groups is 2. The van der Waals surface area contributed by atoms with Gasteiger partial charge in [-0.05, 0) is 48.7 Å². The molecule has 2 aromatic carbocycles. The average Bonchev–Trinajstić information content (AvgIpc) is 3.19. The number of benzene rings is 2. The minimum Gasteiger partial charge on any atom is -0.497 e. The molecule has 0 bridgehead atoms. The molecule has 1 atom stereocenters. The summed E-state index contributed by atoms with van der Waals surface area (Å²) in [6, 6.07) is 11.3. The maximum absolute atomic E-state index is 13.3. The van der Waals surface area contributed by atoms with E-state index in [4.69, 9.17) is 14.2 Å². The van der Waals surface area contributed by atoms with Gasteiger partial charge in [-0.1, -0.05) is 0 Å². The van der Waals surface area contributed by atoms with Crippen LogP contribution in [0.4, 0.5) is 11.4 Å². The molecule has 0 saturated carbocycles. The van der Waals surface area contributed by atoms with Crippen molar-refractivity contribution in [2.45, 2.75) is 19.3 Å². The maximum atomic E-state index is 13.3. The van der Waals surface area contributed by atoms with Crippen LogP contribution in [0.15, 0.2) is 36.4 Å². The molecule has 0 aromatic heterocycles. The Morgan fingerprint density at radius 3 is 2.77 bits per heavy atom. The highest BCUT2D eigenvalue weighted by atomic mass is 16.6. The van der Waals surface area contributed by atoms with E-state index in [0.717, 1.165) is 35.5 Å². The summed E-state index contributed by atoms with van der Waals surface area (Å²) < 4.78 is 16.5. The zero-order valence-electron chi connectivity index (χ0n) is 16.9. The zero-order valence-corrected chi connectivity index (χ0v) is 16.9. The molecule has 7 nitrogen and oxygen atoms in total. The highest BCUT2D eigenvalue weighted by molar-refractivity contribution is 6.05. The van der Waals surface area contributed by atoms with Gasteiger partial charge in [-0.25, -0.2) is 0 Å². The first-order valence-electron chi connectivity index (χ1n) is 10.3. The highest BCUT2D eigenvalue weighted by Crippen LogP contribution is 2.37. The van der Waals surface area contributed by atoms with Gasteiger partial charge in [0, 0.05) is 37.0 Å². The van der Waals surface area contributed by atoms with E-state index in [-0.39, 0.29) is 24.2 Å². The molecule has 0 spiro atoms. The van der Waals surface area contributed by atoms with Crippen LogP contribution in [0.3, 0.4) is 0 Å². The number of methoxy groups -OCH3 is 1. The van der Waals surface area contributed by atoms with E-state index in [1.165, 1.54) is 0 Å². The lowest BCUT2D eigenvalue weighted by atomic mass is 9.98. The van der Waals surface area contributed by atoms with Crippen molar-refractivity contribution in [3.05, 3.63) is 42.0 Å². The number of nitrogens with zero attached hydrogens (tertiary/aromatic N) is 2. The van der Waals surface area contributed by atoms with E-state index in [9.17, 15) is 9.59 Å². The van der Waals surface area contributed by atoms with Gasteiger partial charge in [-0.2, -0.15) is 0 Å². The Labute approximate surface area is 175 Å². The van der Waals surface area contributed by atoms with E-state index in [0.29, 0.717) is 37.8 Å². The summed E-state index contributed by atoms with van der Waals surface area (Å²) in [5.74, 6) is 1.72. The number of fused-ring (bicyclic) bond motifs is 2. The van der Waals surface area contributed by atoms with Crippen molar-refractivity contribution in [1.82, 2.24) is 0 Å². The van der Waals surface area contributed by atoms with Crippen molar-refractivity contribution in [2.75, 3.05) is 43.2 Å². The molecule has 5 rings (SSSR count). The predicted octanol–water partition coefficient (Wildman–Crippen LogP) is 2.80. The fourth-order valence-corrected chi connectivity index (χ4v) is 4.47. The van der Waals surface area contributed by atoms with E-state index in [1.807, 2.05) is 41.3 Å². The van der Waals surface area contributed by atoms with Crippen LogP contribution in [0, 0.1) is 5.92 Å². The number of hydrogen-bond donors (Lipinski definition) is 0. The predicted molar refractivity (Wildman–Crippen MR) is 112 cm³/mol. The van der Waals surface area contributed by atoms with Crippen LogP contribution in [-0.4, -0.2) is 45.2 Å². The van der Waals surface area contributed by atoms with Crippen LogP contribution in [0.1, 0.15) is 18.4 Å². The van der Waals surface area contributed by atoms with Crippen LogP contribution in [0.5, 0.6) is 17.2 Å². The van der Waals surface area contributed by atoms with E-state index in [2.05, 4.69) is 0 Å². The standard InChI is InChI=1S/C23H24N2O5/c1-28-18-5-6-19-15(11-18)3-2-8-24(19)23(27)16-12-22(26)25(14-16)17-4-7-20-21(13-17)30-10-9-29-20/h4-7,11,13,16H,2-3,8-10,12,14H2,1H3/t16-/m0/s1. The molecule has 7 heteroatoms. The number of ether oxygens (including phenoxy) is 3. The number of amides is 2. The summed E-state index contributed by atoms with van der Waals surface area (Å²) in [6.07, 6.45) is 2.04. The van der Waals surface area contributed by atoms with Gasteiger partial charge in [0.15, 0.2) is 11.5 Å². The summed E-state index contributed by atoms with van der Waals surface area (Å²) in [6.45, 7) is 2.06. The van der Waals surface area contributed by atoms with Gasteiger partial charge in [0.25, 0.3) is 0 Å².